The summed E-state index contributed by atoms with van der Waals surface area (Å²) in [7, 11) is -1.71. The minimum Gasteiger partial charge on any atom is -0.368 e. The summed E-state index contributed by atoms with van der Waals surface area (Å²) >= 11 is 0. The lowest BCUT2D eigenvalue weighted by Gasteiger charge is -2.38. The van der Waals surface area contributed by atoms with Crippen molar-refractivity contribution in [3.8, 4) is 0 Å². The molecule has 1 heterocycles. The molecule has 0 aliphatic carbocycles. The predicted molar refractivity (Wildman–Crippen MR) is 124 cm³/mol. The summed E-state index contributed by atoms with van der Waals surface area (Å²) < 4.78 is 64.3. The van der Waals surface area contributed by atoms with Gasteiger partial charge in [0.05, 0.1) is 11.8 Å². The Morgan fingerprint density at radius 3 is 2.27 bits per heavy atom. The molecule has 0 amide bonds. The fraction of sp³-hybridized carbons (Fsp3) is 0.611. The van der Waals surface area contributed by atoms with Crippen LogP contribution in [0.2, 0.25) is 0 Å². The Labute approximate surface area is 193 Å². The summed E-state index contributed by atoms with van der Waals surface area (Å²) in [5.74, 6) is 0.622. The maximum absolute atomic E-state index is 12.9. The van der Waals surface area contributed by atoms with Gasteiger partial charge in [0, 0.05) is 51.0 Å². The van der Waals surface area contributed by atoms with Crippen LogP contribution in [0.4, 0.5) is 18.9 Å². The van der Waals surface area contributed by atoms with Gasteiger partial charge in [-0.25, -0.2) is 13.1 Å². The Balaban J connectivity index is 0.00000450. The number of alkyl halides is 3. The Morgan fingerprint density at radius 2 is 1.77 bits per heavy atom. The molecule has 2 rings (SSSR count). The predicted octanol–water partition coefficient (Wildman–Crippen LogP) is 2.35. The summed E-state index contributed by atoms with van der Waals surface area (Å²) in [5, 5.41) is 3.17. The molecule has 0 bridgehead atoms. The molecule has 1 aromatic rings. The molecule has 0 saturated carbocycles. The lowest BCUT2D eigenvalue weighted by molar-refractivity contribution is -0.137. The lowest BCUT2D eigenvalue weighted by Crippen LogP contribution is -2.56. The quantitative estimate of drug-likeness (QED) is 0.327. The average molecular weight is 563 g/mol. The third kappa shape index (κ3) is 8.10. The summed E-state index contributed by atoms with van der Waals surface area (Å²) in [6, 6.07) is 5.33. The van der Waals surface area contributed by atoms with E-state index in [4.69, 9.17) is 0 Å². The van der Waals surface area contributed by atoms with Gasteiger partial charge in [0.15, 0.2) is 5.96 Å². The largest absolute Gasteiger partial charge is 0.416 e. The van der Waals surface area contributed by atoms with Crippen molar-refractivity contribution in [1.29, 1.82) is 0 Å². The first-order chi connectivity index (χ1) is 13.3. The second-order valence-corrected chi connectivity index (χ2v) is 9.43. The molecule has 172 valence electrons. The summed E-state index contributed by atoms with van der Waals surface area (Å²) in [5.41, 5.74) is -0.819. The fourth-order valence-electron chi connectivity index (χ4n) is 3.23. The molecule has 1 aliphatic rings. The zero-order valence-corrected chi connectivity index (χ0v) is 20.6. The highest BCUT2D eigenvalue weighted by molar-refractivity contribution is 14.0. The van der Waals surface area contributed by atoms with Crippen molar-refractivity contribution in [3.05, 3.63) is 29.8 Å². The van der Waals surface area contributed by atoms with Gasteiger partial charge in [0.25, 0.3) is 0 Å². The third-order valence-corrected chi connectivity index (χ3v) is 5.40. The molecule has 0 radical (unpaired) electrons. The number of hydrogen-bond acceptors (Lipinski definition) is 4. The summed E-state index contributed by atoms with van der Waals surface area (Å²) in [6.07, 6.45) is -3.26. The maximum Gasteiger partial charge on any atom is 0.416 e. The van der Waals surface area contributed by atoms with Gasteiger partial charge in [0.1, 0.15) is 0 Å². The smallest absolute Gasteiger partial charge is 0.368 e. The normalized spacial score (nSPS) is 16.3. The van der Waals surface area contributed by atoms with E-state index in [2.05, 4.69) is 15.0 Å². The van der Waals surface area contributed by atoms with E-state index < -0.39 is 27.3 Å². The minimum atomic E-state index is -4.36. The Bertz CT molecular complexity index is 838. The number of halogens is 4. The SMILES string of the molecule is CN=C(NCC(C)(C)NS(C)(=O)=O)N1CCN(c2cccc(C(F)(F)F)c2)CC1.I. The second-order valence-electron chi connectivity index (χ2n) is 7.68. The Hall–Kier alpha value is -1.28. The van der Waals surface area contributed by atoms with Gasteiger partial charge in [-0.2, -0.15) is 13.2 Å². The number of rotatable bonds is 5. The standard InChI is InChI=1S/C18H28F3N5O2S.HI/c1-17(2,24-29(4,27)28)13-23-16(22-3)26-10-8-25(9-11-26)15-7-5-6-14(12-15)18(19,20)21;/h5-7,12,24H,8-11,13H2,1-4H3,(H,22,23);1H. The van der Waals surface area contributed by atoms with Crippen LogP contribution in [0.5, 0.6) is 0 Å². The van der Waals surface area contributed by atoms with Crippen LogP contribution in [-0.4, -0.2) is 70.8 Å². The molecule has 0 aromatic heterocycles. The first-order valence-electron chi connectivity index (χ1n) is 9.17. The van der Waals surface area contributed by atoms with Gasteiger partial charge in [-0.05, 0) is 32.0 Å². The number of benzene rings is 1. The van der Waals surface area contributed by atoms with Crippen LogP contribution in [0, 0.1) is 0 Å². The van der Waals surface area contributed by atoms with E-state index in [-0.39, 0.29) is 24.0 Å². The van der Waals surface area contributed by atoms with Crippen LogP contribution in [0.15, 0.2) is 29.3 Å². The van der Waals surface area contributed by atoms with Crippen LogP contribution in [-0.2, 0) is 16.2 Å². The average Bonchev–Trinajstić information content (AvgIpc) is 2.60. The van der Waals surface area contributed by atoms with Crippen LogP contribution in [0.25, 0.3) is 0 Å². The van der Waals surface area contributed by atoms with E-state index in [1.807, 2.05) is 9.80 Å². The highest BCUT2D eigenvalue weighted by Crippen LogP contribution is 2.31. The molecule has 1 fully saturated rings. The van der Waals surface area contributed by atoms with E-state index in [1.54, 1.807) is 27.0 Å². The molecule has 0 atom stereocenters. The van der Waals surface area contributed by atoms with Crippen molar-refractivity contribution in [1.82, 2.24) is 14.9 Å². The molecule has 30 heavy (non-hydrogen) atoms. The molecule has 1 aliphatic heterocycles. The van der Waals surface area contributed by atoms with Crippen molar-refractivity contribution in [3.63, 3.8) is 0 Å². The third-order valence-electron chi connectivity index (χ3n) is 4.48. The highest BCUT2D eigenvalue weighted by atomic mass is 127. The molecule has 0 unspecified atom stereocenters. The number of guanidine groups is 1. The lowest BCUT2D eigenvalue weighted by atomic mass is 10.1. The van der Waals surface area contributed by atoms with Gasteiger partial charge in [-0.15, -0.1) is 24.0 Å². The topological polar surface area (TPSA) is 77.0 Å². The Morgan fingerprint density at radius 1 is 1.17 bits per heavy atom. The van der Waals surface area contributed by atoms with Crippen molar-refractivity contribution in [2.24, 2.45) is 4.99 Å². The number of hydrogen-bond donors (Lipinski definition) is 2. The van der Waals surface area contributed by atoms with E-state index in [1.165, 1.54) is 12.1 Å². The van der Waals surface area contributed by atoms with Gasteiger partial charge in [-0.3, -0.25) is 4.99 Å². The number of sulfonamides is 1. The van der Waals surface area contributed by atoms with Crippen molar-refractivity contribution < 1.29 is 21.6 Å². The molecule has 1 aromatic carbocycles. The fourth-order valence-corrected chi connectivity index (χ4v) is 4.30. The van der Waals surface area contributed by atoms with Crippen molar-refractivity contribution >= 4 is 45.6 Å². The van der Waals surface area contributed by atoms with Crippen LogP contribution < -0.4 is 14.9 Å². The van der Waals surface area contributed by atoms with Crippen molar-refractivity contribution in [2.45, 2.75) is 25.6 Å². The molecular weight excluding hydrogens is 534 g/mol. The van der Waals surface area contributed by atoms with E-state index in [0.717, 1.165) is 12.3 Å². The van der Waals surface area contributed by atoms with Crippen LogP contribution >= 0.6 is 24.0 Å². The second kappa shape index (κ2) is 10.4. The first kappa shape index (κ1) is 26.8. The summed E-state index contributed by atoms with van der Waals surface area (Å²) in [4.78, 5) is 8.15. The van der Waals surface area contributed by atoms with Gasteiger partial charge < -0.3 is 15.1 Å². The number of aliphatic imine (C=N–C) groups is 1. The summed E-state index contributed by atoms with van der Waals surface area (Å²) in [6.45, 7) is 6.12. The number of nitrogens with one attached hydrogen (secondary N) is 2. The highest BCUT2D eigenvalue weighted by Gasteiger charge is 2.31. The van der Waals surface area contributed by atoms with Crippen LogP contribution in [0.3, 0.4) is 0 Å². The number of nitrogens with zero attached hydrogens (tertiary/aromatic N) is 3. The van der Waals surface area contributed by atoms with Crippen LogP contribution in [0.1, 0.15) is 19.4 Å². The van der Waals surface area contributed by atoms with Gasteiger partial charge >= 0.3 is 6.18 Å². The molecule has 0 spiro atoms. The molecule has 1 saturated heterocycles. The molecular formula is C18H29F3IN5O2S. The van der Waals surface area contributed by atoms with E-state index >= 15 is 0 Å². The monoisotopic (exact) mass is 563 g/mol. The Kier molecular flexibility index (Phi) is 9.23. The number of anilines is 1. The van der Waals surface area contributed by atoms with Gasteiger partial charge in [0.2, 0.25) is 10.0 Å². The minimum absolute atomic E-state index is 0. The molecule has 2 N–H and O–H groups in total. The zero-order valence-electron chi connectivity index (χ0n) is 17.5. The van der Waals surface area contributed by atoms with E-state index in [0.29, 0.717) is 44.4 Å². The van der Waals surface area contributed by atoms with Gasteiger partial charge in [-0.1, -0.05) is 6.07 Å². The maximum atomic E-state index is 12.9. The van der Waals surface area contributed by atoms with E-state index in [9.17, 15) is 21.6 Å². The molecule has 7 nitrogen and oxygen atoms in total. The molecule has 12 heteroatoms. The number of piperazine rings is 1. The zero-order chi connectivity index (χ0) is 21.9. The van der Waals surface area contributed by atoms with Crippen molar-refractivity contribution in [2.75, 3.05) is 50.9 Å². The first-order valence-corrected chi connectivity index (χ1v) is 11.1.